The number of carbonyl (C=O) groups is 1. The average Bonchev–Trinajstić information content (AvgIpc) is 2.71. The van der Waals surface area contributed by atoms with Crippen LogP contribution in [-0.2, 0) is 9.47 Å². The molecule has 0 spiro atoms. The fraction of sp³-hybridized carbons (Fsp3) is 0.524. The van der Waals surface area contributed by atoms with E-state index in [-0.39, 0.29) is 18.9 Å². The molecule has 3 rings (SSSR count). The Kier molecular flexibility index (Phi) is 7.32. The van der Waals surface area contributed by atoms with Crippen molar-refractivity contribution in [1.82, 2.24) is 20.1 Å². The standard InChI is InChI=1S/C21H28BrN5O4/c1-14-12-26(8-9-27(14)20(28)31-21(2,3)4)18-7-6-16(24-25-18)19-17(30-13-29-5)10-15(22)11-23-19/h6-7,10-11,14H,8-9,12-13H2,1-5H3. The second kappa shape index (κ2) is 9.78. The number of halogens is 1. The van der Waals surface area contributed by atoms with Crippen molar-refractivity contribution in [2.75, 3.05) is 38.4 Å². The van der Waals surface area contributed by atoms with Gasteiger partial charge in [-0.05, 0) is 61.8 Å². The Labute approximate surface area is 190 Å². The summed E-state index contributed by atoms with van der Waals surface area (Å²) in [5, 5.41) is 8.74. The third kappa shape index (κ3) is 6.04. The number of pyridine rings is 1. The van der Waals surface area contributed by atoms with Crippen LogP contribution in [-0.4, -0.2) is 71.4 Å². The van der Waals surface area contributed by atoms with E-state index >= 15 is 0 Å². The molecule has 1 fully saturated rings. The van der Waals surface area contributed by atoms with Crippen molar-refractivity contribution in [2.24, 2.45) is 0 Å². The maximum atomic E-state index is 12.4. The van der Waals surface area contributed by atoms with Gasteiger partial charge in [0.25, 0.3) is 0 Å². The van der Waals surface area contributed by atoms with Gasteiger partial charge in [0, 0.05) is 43.5 Å². The molecule has 0 saturated carbocycles. The second-order valence-corrected chi connectivity index (χ2v) is 9.21. The number of ether oxygens (including phenoxy) is 3. The van der Waals surface area contributed by atoms with E-state index in [1.54, 1.807) is 18.2 Å². The van der Waals surface area contributed by atoms with Crippen LogP contribution in [0.3, 0.4) is 0 Å². The van der Waals surface area contributed by atoms with E-state index in [4.69, 9.17) is 14.2 Å². The molecule has 9 nitrogen and oxygen atoms in total. The number of aromatic nitrogens is 3. The predicted molar refractivity (Wildman–Crippen MR) is 120 cm³/mol. The number of nitrogens with zero attached hydrogens (tertiary/aromatic N) is 5. The fourth-order valence-corrected chi connectivity index (χ4v) is 3.53. The van der Waals surface area contributed by atoms with E-state index in [1.165, 1.54) is 0 Å². The summed E-state index contributed by atoms with van der Waals surface area (Å²) in [5.74, 6) is 1.30. The highest BCUT2D eigenvalue weighted by atomic mass is 79.9. The number of methoxy groups -OCH3 is 1. The van der Waals surface area contributed by atoms with Gasteiger partial charge in [-0.25, -0.2) is 9.78 Å². The number of piperazine rings is 1. The molecule has 0 aliphatic carbocycles. The Morgan fingerprint density at radius 3 is 2.65 bits per heavy atom. The van der Waals surface area contributed by atoms with Crippen molar-refractivity contribution in [2.45, 2.75) is 39.3 Å². The summed E-state index contributed by atoms with van der Waals surface area (Å²) in [6.45, 7) is 9.57. The lowest BCUT2D eigenvalue weighted by Gasteiger charge is -2.40. The first kappa shape index (κ1) is 23.2. The zero-order chi connectivity index (χ0) is 22.6. The van der Waals surface area contributed by atoms with Crippen molar-refractivity contribution in [3.8, 4) is 17.1 Å². The molecule has 0 N–H and O–H groups in total. The molecule has 0 radical (unpaired) electrons. The summed E-state index contributed by atoms with van der Waals surface area (Å²) >= 11 is 3.40. The second-order valence-electron chi connectivity index (χ2n) is 8.30. The number of hydrogen-bond donors (Lipinski definition) is 0. The minimum Gasteiger partial charge on any atom is -0.465 e. The fourth-order valence-electron chi connectivity index (χ4n) is 3.22. The molecule has 31 heavy (non-hydrogen) atoms. The number of amides is 1. The van der Waals surface area contributed by atoms with Crippen LogP contribution >= 0.6 is 15.9 Å². The zero-order valence-electron chi connectivity index (χ0n) is 18.5. The summed E-state index contributed by atoms with van der Waals surface area (Å²) in [7, 11) is 1.56. The van der Waals surface area contributed by atoms with E-state index in [9.17, 15) is 4.79 Å². The monoisotopic (exact) mass is 493 g/mol. The SMILES string of the molecule is COCOc1cc(Br)cnc1-c1ccc(N2CCN(C(=O)OC(C)(C)C)C(C)C2)nn1. The molecule has 1 amide bonds. The van der Waals surface area contributed by atoms with Crippen LogP contribution in [0, 0.1) is 0 Å². The van der Waals surface area contributed by atoms with Crippen LogP contribution in [0.1, 0.15) is 27.7 Å². The van der Waals surface area contributed by atoms with Crippen molar-refractivity contribution in [1.29, 1.82) is 0 Å². The van der Waals surface area contributed by atoms with Crippen LogP contribution in [0.2, 0.25) is 0 Å². The van der Waals surface area contributed by atoms with Gasteiger partial charge in [-0.3, -0.25) is 0 Å². The number of anilines is 1. The highest BCUT2D eigenvalue weighted by molar-refractivity contribution is 9.10. The van der Waals surface area contributed by atoms with Gasteiger partial charge < -0.3 is 24.0 Å². The number of rotatable bonds is 5. The normalized spacial score (nSPS) is 16.9. The van der Waals surface area contributed by atoms with Crippen molar-refractivity contribution < 1.29 is 19.0 Å². The Morgan fingerprint density at radius 1 is 1.26 bits per heavy atom. The quantitative estimate of drug-likeness (QED) is 0.581. The van der Waals surface area contributed by atoms with Crippen LogP contribution < -0.4 is 9.64 Å². The van der Waals surface area contributed by atoms with Crippen LogP contribution in [0.15, 0.2) is 28.9 Å². The molecule has 1 aliphatic rings. The topological polar surface area (TPSA) is 89.9 Å². The van der Waals surface area contributed by atoms with Crippen LogP contribution in [0.4, 0.5) is 10.6 Å². The highest BCUT2D eigenvalue weighted by Crippen LogP contribution is 2.30. The molecule has 1 unspecified atom stereocenters. The summed E-state index contributed by atoms with van der Waals surface area (Å²) in [5.41, 5.74) is 0.674. The van der Waals surface area contributed by atoms with Gasteiger partial charge in [0.2, 0.25) is 0 Å². The maximum Gasteiger partial charge on any atom is 0.410 e. The van der Waals surface area contributed by atoms with Gasteiger partial charge in [0.05, 0.1) is 0 Å². The molecule has 3 heterocycles. The zero-order valence-corrected chi connectivity index (χ0v) is 20.0. The first-order valence-electron chi connectivity index (χ1n) is 10.0. The lowest BCUT2D eigenvalue weighted by Crippen LogP contribution is -2.55. The van der Waals surface area contributed by atoms with Gasteiger partial charge in [0.15, 0.2) is 18.4 Å². The summed E-state index contributed by atoms with van der Waals surface area (Å²) < 4.78 is 16.9. The molecular weight excluding hydrogens is 466 g/mol. The van der Waals surface area contributed by atoms with E-state index in [1.807, 2.05) is 45.9 Å². The third-order valence-electron chi connectivity index (χ3n) is 4.62. The van der Waals surface area contributed by atoms with Gasteiger partial charge >= 0.3 is 6.09 Å². The van der Waals surface area contributed by atoms with Gasteiger partial charge in [-0.1, -0.05) is 0 Å². The first-order valence-corrected chi connectivity index (χ1v) is 10.8. The number of hydrogen-bond acceptors (Lipinski definition) is 8. The molecule has 10 heteroatoms. The number of carbonyl (C=O) groups excluding carboxylic acids is 1. The van der Waals surface area contributed by atoms with E-state index in [2.05, 4.69) is 36.0 Å². The van der Waals surface area contributed by atoms with Crippen LogP contribution in [0.25, 0.3) is 11.4 Å². The smallest absolute Gasteiger partial charge is 0.410 e. The molecule has 1 atom stereocenters. The summed E-state index contributed by atoms with van der Waals surface area (Å²) in [4.78, 5) is 20.7. The lowest BCUT2D eigenvalue weighted by atomic mass is 10.2. The Balaban J connectivity index is 1.70. The molecule has 1 aliphatic heterocycles. The Bertz CT molecular complexity index is 904. The molecule has 2 aromatic heterocycles. The molecule has 2 aromatic rings. The molecule has 168 valence electrons. The summed E-state index contributed by atoms with van der Waals surface area (Å²) in [6, 6.07) is 5.58. The third-order valence-corrected chi connectivity index (χ3v) is 5.06. The molecule has 0 bridgehead atoms. The average molecular weight is 494 g/mol. The van der Waals surface area contributed by atoms with Crippen molar-refractivity contribution in [3.63, 3.8) is 0 Å². The Morgan fingerprint density at radius 2 is 2.03 bits per heavy atom. The largest absolute Gasteiger partial charge is 0.465 e. The van der Waals surface area contributed by atoms with E-state index < -0.39 is 5.60 Å². The van der Waals surface area contributed by atoms with Gasteiger partial charge in [-0.2, -0.15) is 0 Å². The molecule has 1 saturated heterocycles. The lowest BCUT2D eigenvalue weighted by molar-refractivity contribution is 0.0158. The van der Waals surface area contributed by atoms with E-state index in [0.29, 0.717) is 36.8 Å². The maximum absolute atomic E-state index is 12.4. The molecular formula is C21H28BrN5O4. The van der Waals surface area contributed by atoms with Gasteiger partial charge in [0.1, 0.15) is 17.0 Å². The van der Waals surface area contributed by atoms with Gasteiger partial charge in [-0.15, -0.1) is 10.2 Å². The minimum absolute atomic E-state index is 0.00716. The highest BCUT2D eigenvalue weighted by Gasteiger charge is 2.31. The van der Waals surface area contributed by atoms with Crippen molar-refractivity contribution in [3.05, 3.63) is 28.9 Å². The van der Waals surface area contributed by atoms with Crippen molar-refractivity contribution >= 4 is 27.8 Å². The summed E-state index contributed by atoms with van der Waals surface area (Å²) in [6.07, 6.45) is 1.40. The van der Waals surface area contributed by atoms with E-state index in [0.717, 1.165) is 10.3 Å². The Hall–Kier alpha value is -2.46. The first-order chi connectivity index (χ1) is 14.7. The predicted octanol–water partition coefficient (Wildman–Crippen LogP) is 3.73. The van der Waals surface area contributed by atoms with Crippen LogP contribution in [0.5, 0.6) is 5.75 Å². The molecule has 0 aromatic carbocycles. The minimum atomic E-state index is -0.512.